The van der Waals surface area contributed by atoms with E-state index >= 15 is 0 Å². The van der Waals surface area contributed by atoms with Crippen molar-refractivity contribution >= 4 is 33.2 Å². The van der Waals surface area contributed by atoms with Crippen LogP contribution in [0.4, 0.5) is 11.4 Å². The molecule has 0 amide bonds. The van der Waals surface area contributed by atoms with Gasteiger partial charge in [0.25, 0.3) is 0 Å². The smallest absolute Gasteiger partial charge is 0.0541 e. The molecule has 39 heavy (non-hydrogen) atoms. The van der Waals surface area contributed by atoms with Crippen LogP contribution in [0.2, 0.25) is 0 Å². The van der Waals surface area contributed by atoms with Crippen LogP contribution >= 0.6 is 0 Å². The van der Waals surface area contributed by atoms with E-state index in [4.69, 9.17) is 0 Å². The van der Waals surface area contributed by atoms with E-state index in [9.17, 15) is 0 Å². The zero-order valence-corrected chi connectivity index (χ0v) is 22.2. The molecule has 190 valence electrons. The Morgan fingerprint density at radius 1 is 0.641 bits per heavy atom. The second kappa shape index (κ2) is 9.96. The fourth-order valence-corrected chi connectivity index (χ4v) is 6.15. The first kappa shape index (κ1) is 23.5. The molecule has 0 spiro atoms. The van der Waals surface area contributed by atoms with Gasteiger partial charge in [0, 0.05) is 33.8 Å². The lowest BCUT2D eigenvalue weighted by atomic mass is 9.81. The van der Waals surface area contributed by atoms with Gasteiger partial charge in [0.1, 0.15) is 0 Å². The molecule has 2 heteroatoms. The van der Waals surface area contributed by atoms with Crippen LogP contribution in [-0.2, 0) is 0 Å². The number of aromatic nitrogens is 1. The molecular weight excluding hydrogens is 472 g/mol. The summed E-state index contributed by atoms with van der Waals surface area (Å²) in [6.45, 7) is 2.36. The van der Waals surface area contributed by atoms with Crippen LogP contribution in [0.5, 0.6) is 0 Å². The van der Waals surface area contributed by atoms with Crippen LogP contribution in [0.15, 0.2) is 133 Å². The zero-order valence-electron chi connectivity index (χ0n) is 22.2. The van der Waals surface area contributed by atoms with Crippen LogP contribution in [0.1, 0.15) is 31.2 Å². The van der Waals surface area contributed by atoms with Gasteiger partial charge in [-0.2, -0.15) is 0 Å². The molecule has 0 aliphatic heterocycles. The van der Waals surface area contributed by atoms with Gasteiger partial charge >= 0.3 is 0 Å². The summed E-state index contributed by atoms with van der Waals surface area (Å²) in [6, 6.07) is 43.8. The maximum Gasteiger partial charge on any atom is 0.0541 e. The van der Waals surface area contributed by atoms with Crippen LogP contribution in [0, 0.1) is 5.92 Å². The number of rotatable bonds is 5. The second-order valence-corrected chi connectivity index (χ2v) is 10.8. The van der Waals surface area contributed by atoms with Crippen molar-refractivity contribution in [3.05, 3.63) is 139 Å². The summed E-state index contributed by atoms with van der Waals surface area (Å²) in [7, 11) is 0. The SMILES string of the molecule is CC1CCC=CC1c1cccc(Nc2ccc(-c3ccc4c(c3)c3ccccc3n4-c3ccccc3)cc2)c1. The van der Waals surface area contributed by atoms with Crippen molar-refractivity contribution in [1.29, 1.82) is 0 Å². The van der Waals surface area contributed by atoms with E-state index in [-0.39, 0.29) is 0 Å². The number of hydrogen-bond acceptors (Lipinski definition) is 1. The van der Waals surface area contributed by atoms with Crippen molar-refractivity contribution in [3.63, 3.8) is 0 Å². The van der Waals surface area contributed by atoms with Gasteiger partial charge in [0.15, 0.2) is 0 Å². The first-order chi connectivity index (χ1) is 19.2. The molecule has 1 aliphatic rings. The quantitative estimate of drug-likeness (QED) is 0.231. The summed E-state index contributed by atoms with van der Waals surface area (Å²) >= 11 is 0. The summed E-state index contributed by atoms with van der Waals surface area (Å²) < 4.78 is 2.36. The van der Waals surface area contributed by atoms with Crippen LogP contribution in [0.3, 0.4) is 0 Å². The number of hydrogen-bond donors (Lipinski definition) is 1. The van der Waals surface area contributed by atoms with Gasteiger partial charge in [-0.15, -0.1) is 0 Å². The van der Waals surface area contributed by atoms with E-state index in [1.165, 1.54) is 57.0 Å². The number of nitrogens with zero attached hydrogens (tertiary/aromatic N) is 1. The second-order valence-electron chi connectivity index (χ2n) is 10.8. The lowest BCUT2D eigenvalue weighted by molar-refractivity contribution is 0.469. The van der Waals surface area contributed by atoms with E-state index in [1.54, 1.807) is 0 Å². The minimum Gasteiger partial charge on any atom is -0.356 e. The highest BCUT2D eigenvalue weighted by Gasteiger charge is 2.19. The molecule has 0 fully saturated rings. The minimum atomic E-state index is 0.505. The zero-order chi connectivity index (χ0) is 26.2. The molecule has 6 aromatic rings. The van der Waals surface area contributed by atoms with Gasteiger partial charge in [-0.25, -0.2) is 0 Å². The fourth-order valence-electron chi connectivity index (χ4n) is 6.15. The third kappa shape index (κ3) is 4.42. The Hall–Kier alpha value is -4.56. The molecule has 2 nitrogen and oxygen atoms in total. The van der Waals surface area contributed by atoms with Crippen molar-refractivity contribution < 1.29 is 0 Å². The van der Waals surface area contributed by atoms with Crippen LogP contribution in [-0.4, -0.2) is 4.57 Å². The monoisotopic (exact) mass is 504 g/mol. The molecule has 5 aromatic carbocycles. The molecule has 0 saturated heterocycles. The molecule has 1 aromatic heterocycles. The van der Waals surface area contributed by atoms with Gasteiger partial charge in [0.05, 0.1) is 11.0 Å². The average molecular weight is 505 g/mol. The number of anilines is 2. The molecule has 0 saturated carbocycles. The molecule has 1 heterocycles. The number of para-hydroxylation sites is 2. The lowest BCUT2D eigenvalue weighted by Crippen LogP contribution is -2.10. The third-order valence-corrected chi connectivity index (χ3v) is 8.21. The predicted octanol–water partition coefficient (Wildman–Crippen LogP) is 10.3. The first-order valence-electron chi connectivity index (χ1n) is 14.0. The van der Waals surface area contributed by atoms with Gasteiger partial charge in [0.2, 0.25) is 0 Å². The van der Waals surface area contributed by atoms with E-state index < -0.39 is 0 Å². The highest BCUT2D eigenvalue weighted by atomic mass is 15.0. The van der Waals surface area contributed by atoms with Gasteiger partial charge < -0.3 is 9.88 Å². The first-order valence-corrected chi connectivity index (χ1v) is 14.0. The van der Waals surface area contributed by atoms with Crippen LogP contribution in [0.25, 0.3) is 38.6 Å². The highest BCUT2D eigenvalue weighted by molar-refractivity contribution is 6.10. The van der Waals surface area contributed by atoms with Gasteiger partial charge in [-0.1, -0.05) is 85.8 Å². The Balaban J connectivity index is 1.19. The van der Waals surface area contributed by atoms with Crippen LogP contribution < -0.4 is 5.32 Å². The number of fused-ring (bicyclic) bond motifs is 3. The molecular formula is C37H32N2. The largest absolute Gasteiger partial charge is 0.356 e. The third-order valence-electron chi connectivity index (χ3n) is 8.21. The Morgan fingerprint density at radius 2 is 1.41 bits per heavy atom. The van der Waals surface area contributed by atoms with E-state index in [0.717, 1.165) is 11.4 Å². The van der Waals surface area contributed by atoms with E-state index in [1.807, 2.05) is 0 Å². The highest BCUT2D eigenvalue weighted by Crippen LogP contribution is 2.36. The molecule has 2 unspecified atom stereocenters. The van der Waals surface area contributed by atoms with Crippen molar-refractivity contribution in [2.45, 2.75) is 25.7 Å². The maximum absolute atomic E-state index is 3.62. The normalized spacial score (nSPS) is 17.1. The molecule has 1 aliphatic carbocycles. The minimum absolute atomic E-state index is 0.505. The Morgan fingerprint density at radius 3 is 2.26 bits per heavy atom. The summed E-state index contributed by atoms with van der Waals surface area (Å²) in [4.78, 5) is 0. The molecule has 7 rings (SSSR count). The molecule has 2 atom stereocenters. The predicted molar refractivity (Wildman–Crippen MR) is 166 cm³/mol. The average Bonchev–Trinajstić information content (AvgIpc) is 3.32. The maximum atomic E-state index is 3.62. The van der Waals surface area contributed by atoms with E-state index in [2.05, 4.69) is 150 Å². The molecule has 1 N–H and O–H groups in total. The van der Waals surface area contributed by atoms with Crippen molar-refractivity contribution in [2.24, 2.45) is 5.92 Å². The summed E-state index contributed by atoms with van der Waals surface area (Å²) in [5.74, 6) is 1.19. The van der Waals surface area contributed by atoms with Crippen molar-refractivity contribution in [1.82, 2.24) is 4.57 Å². The Bertz CT molecular complexity index is 1790. The molecule has 0 radical (unpaired) electrons. The Labute approximate surface area is 230 Å². The standard InChI is InChI=1S/C37H32N2/c1-26-10-5-6-15-33(26)29-11-9-12-31(24-29)38-30-21-18-27(19-22-30)28-20-23-37-35(25-28)34-16-7-8-17-36(34)39(37)32-13-3-2-4-14-32/h2-4,6-9,11-26,33,38H,5,10H2,1H3. The Kier molecular flexibility index (Phi) is 6.01. The summed E-state index contributed by atoms with van der Waals surface area (Å²) in [5.41, 5.74) is 9.72. The number of nitrogens with one attached hydrogen (secondary N) is 1. The fraction of sp³-hybridized carbons (Fsp3) is 0.135. The van der Waals surface area contributed by atoms with E-state index in [0.29, 0.717) is 11.8 Å². The lowest BCUT2D eigenvalue weighted by Gasteiger charge is -2.25. The summed E-state index contributed by atoms with van der Waals surface area (Å²) in [6.07, 6.45) is 7.18. The van der Waals surface area contributed by atoms with Crippen molar-refractivity contribution in [2.75, 3.05) is 5.32 Å². The van der Waals surface area contributed by atoms with Crippen molar-refractivity contribution in [3.8, 4) is 16.8 Å². The number of allylic oxidation sites excluding steroid dienone is 2. The van der Waals surface area contributed by atoms with Gasteiger partial charge in [-0.3, -0.25) is 0 Å². The topological polar surface area (TPSA) is 17.0 Å². The van der Waals surface area contributed by atoms with Gasteiger partial charge in [-0.05, 0) is 90.0 Å². The molecule has 0 bridgehead atoms. The summed E-state index contributed by atoms with van der Waals surface area (Å²) in [5, 5.41) is 6.18. The number of benzene rings is 5.